The van der Waals surface area contributed by atoms with Gasteiger partial charge in [0.15, 0.2) is 5.37 Å². The first-order valence-corrected chi connectivity index (χ1v) is 10.3. The van der Waals surface area contributed by atoms with Crippen LogP contribution in [0, 0.1) is 0 Å². The number of hydrogen-bond acceptors (Lipinski definition) is 8. The molecule has 2 aromatic heterocycles. The van der Waals surface area contributed by atoms with Gasteiger partial charge in [-0.1, -0.05) is 5.16 Å². The first-order chi connectivity index (χ1) is 12.1. The maximum absolute atomic E-state index is 12.8. The summed E-state index contributed by atoms with van der Waals surface area (Å²) in [5, 5.41) is 2.34. The molecule has 0 unspecified atom stereocenters. The van der Waals surface area contributed by atoms with Gasteiger partial charge in [-0.05, 0) is 12.1 Å². The Balaban J connectivity index is 1.89. The van der Waals surface area contributed by atoms with Crippen LogP contribution >= 0.6 is 23.1 Å². The van der Waals surface area contributed by atoms with Gasteiger partial charge in [-0.15, -0.1) is 23.1 Å². The second-order valence-corrected chi connectivity index (χ2v) is 9.44. The largest absolute Gasteiger partial charge is 0.467 e. The minimum atomic E-state index is -4.68. The maximum Gasteiger partial charge on any atom is 0.452 e. The van der Waals surface area contributed by atoms with Crippen LogP contribution in [0.5, 0.6) is 0 Å². The molecule has 1 fully saturated rings. The van der Waals surface area contributed by atoms with Crippen LogP contribution < -0.4 is 0 Å². The Hall–Kier alpha value is -1.57. The van der Waals surface area contributed by atoms with Crippen LogP contribution in [0.2, 0.25) is 0 Å². The molecular weight excluding hydrogens is 417 g/mol. The second-order valence-electron chi connectivity index (χ2n) is 5.05. The number of rotatable bonds is 4. The number of halogens is 3. The van der Waals surface area contributed by atoms with Gasteiger partial charge in [0.05, 0.1) is 12.0 Å². The van der Waals surface area contributed by atoms with E-state index in [1.807, 2.05) is 0 Å². The normalized spacial score (nSPS) is 19.0. The number of aromatic nitrogens is 1. The summed E-state index contributed by atoms with van der Waals surface area (Å²) < 4.78 is 73.1. The molecule has 3 rings (SSSR count). The van der Waals surface area contributed by atoms with Gasteiger partial charge in [0.25, 0.3) is 10.0 Å². The van der Waals surface area contributed by atoms with Crippen molar-refractivity contribution >= 4 is 39.1 Å². The zero-order valence-corrected chi connectivity index (χ0v) is 15.5. The average molecular weight is 428 g/mol. The summed E-state index contributed by atoms with van der Waals surface area (Å²) in [5.74, 6) is -1.53. The van der Waals surface area contributed by atoms with Crippen molar-refractivity contribution in [2.45, 2.75) is 15.8 Å². The van der Waals surface area contributed by atoms with Crippen LogP contribution in [-0.2, 0) is 25.7 Å². The van der Waals surface area contributed by atoms with Crippen LogP contribution in [0.3, 0.4) is 0 Å². The molecule has 26 heavy (non-hydrogen) atoms. The van der Waals surface area contributed by atoms with Crippen LogP contribution in [0.4, 0.5) is 13.2 Å². The van der Waals surface area contributed by atoms with E-state index in [9.17, 15) is 26.4 Å². The number of methoxy groups -OCH3 is 1. The number of hydrogen-bond donors (Lipinski definition) is 0. The lowest BCUT2D eigenvalue weighted by atomic mass is 10.3. The molecule has 2 aromatic rings. The van der Waals surface area contributed by atoms with Crippen molar-refractivity contribution < 1.29 is 35.6 Å². The first-order valence-electron chi connectivity index (χ1n) is 7.00. The molecule has 3 heterocycles. The molecule has 1 atom stereocenters. The predicted molar refractivity (Wildman–Crippen MR) is 87.0 cm³/mol. The van der Waals surface area contributed by atoms with Gasteiger partial charge in [-0.25, -0.2) is 13.2 Å². The fraction of sp³-hybridized carbons (Fsp3) is 0.385. The predicted octanol–water partition coefficient (Wildman–Crippen LogP) is 2.66. The Morgan fingerprint density at radius 2 is 2.15 bits per heavy atom. The van der Waals surface area contributed by atoms with E-state index in [2.05, 4.69) is 14.4 Å². The van der Waals surface area contributed by atoms with Crippen molar-refractivity contribution in [2.75, 3.05) is 19.4 Å². The number of esters is 1. The van der Waals surface area contributed by atoms with E-state index in [-0.39, 0.29) is 21.3 Å². The molecule has 0 aliphatic carbocycles. The smallest absolute Gasteiger partial charge is 0.452 e. The van der Waals surface area contributed by atoms with Gasteiger partial charge in [0, 0.05) is 18.4 Å². The van der Waals surface area contributed by atoms with Crippen LogP contribution in [0.25, 0.3) is 10.6 Å². The average Bonchev–Trinajstić information content (AvgIpc) is 3.32. The highest BCUT2D eigenvalue weighted by Gasteiger charge is 2.42. The Morgan fingerprint density at radius 1 is 1.42 bits per heavy atom. The molecule has 0 aromatic carbocycles. The third-order valence-electron chi connectivity index (χ3n) is 3.44. The van der Waals surface area contributed by atoms with Crippen LogP contribution in [-0.4, -0.2) is 48.6 Å². The van der Waals surface area contributed by atoms with Gasteiger partial charge in [-0.3, -0.25) is 0 Å². The Labute approximate surface area is 154 Å². The van der Waals surface area contributed by atoms with E-state index in [1.54, 1.807) is 0 Å². The van der Waals surface area contributed by atoms with E-state index >= 15 is 0 Å². The highest BCUT2D eigenvalue weighted by atomic mass is 32.2. The molecule has 7 nitrogen and oxygen atoms in total. The molecule has 1 aliphatic heterocycles. The lowest BCUT2D eigenvalue weighted by Crippen LogP contribution is -2.39. The lowest BCUT2D eigenvalue weighted by molar-refractivity contribution is -0.155. The summed E-state index contributed by atoms with van der Waals surface area (Å²) >= 11 is 1.88. The molecule has 0 N–H and O–H groups in total. The van der Waals surface area contributed by atoms with Gasteiger partial charge in [0.2, 0.25) is 5.76 Å². The molecule has 142 valence electrons. The van der Waals surface area contributed by atoms with Crippen molar-refractivity contribution in [3.8, 4) is 10.6 Å². The summed E-state index contributed by atoms with van der Waals surface area (Å²) in [6.45, 7) is 0.127. The molecule has 0 amide bonds. The third-order valence-corrected chi connectivity index (χ3v) is 8.19. The van der Waals surface area contributed by atoms with Crippen LogP contribution in [0.15, 0.2) is 26.9 Å². The van der Waals surface area contributed by atoms with Crippen molar-refractivity contribution in [3.63, 3.8) is 0 Å². The quantitative estimate of drug-likeness (QED) is 0.692. The minimum Gasteiger partial charge on any atom is -0.467 e. The summed E-state index contributed by atoms with van der Waals surface area (Å²) in [7, 11) is -2.84. The van der Waals surface area contributed by atoms with Crippen molar-refractivity contribution in [2.24, 2.45) is 0 Å². The monoisotopic (exact) mass is 428 g/mol. The van der Waals surface area contributed by atoms with Gasteiger partial charge in [-0.2, -0.15) is 17.5 Å². The summed E-state index contributed by atoms with van der Waals surface area (Å²) in [5.41, 5.74) is -0.121. The Bertz CT molecular complexity index is 922. The zero-order valence-electron chi connectivity index (χ0n) is 13.0. The topological polar surface area (TPSA) is 89.7 Å². The molecule has 0 bridgehead atoms. The zero-order chi connectivity index (χ0) is 19.1. The number of thioether (sulfide) groups is 1. The maximum atomic E-state index is 12.8. The highest BCUT2D eigenvalue weighted by molar-refractivity contribution is 8.02. The number of nitrogens with zero attached hydrogens (tertiary/aromatic N) is 2. The van der Waals surface area contributed by atoms with E-state index in [0.29, 0.717) is 11.8 Å². The van der Waals surface area contributed by atoms with Gasteiger partial charge >= 0.3 is 12.1 Å². The number of sulfonamides is 1. The molecule has 1 saturated heterocycles. The summed E-state index contributed by atoms with van der Waals surface area (Å²) in [4.78, 5) is 11.9. The molecule has 1 aliphatic rings. The molecule has 0 radical (unpaired) electrons. The molecule has 0 saturated carbocycles. The number of ether oxygens (including phenoxy) is 1. The van der Waals surface area contributed by atoms with Crippen LogP contribution in [0.1, 0.15) is 5.76 Å². The Morgan fingerprint density at radius 3 is 2.77 bits per heavy atom. The fourth-order valence-corrected chi connectivity index (χ4v) is 6.70. The van der Waals surface area contributed by atoms with E-state index < -0.39 is 33.3 Å². The number of carbonyl (C=O) groups is 1. The van der Waals surface area contributed by atoms with E-state index in [0.717, 1.165) is 34.5 Å². The third kappa shape index (κ3) is 3.48. The Kier molecular flexibility index (Phi) is 5.07. The molecule has 13 heteroatoms. The highest BCUT2D eigenvalue weighted by Crippen LogP contribution is 2.38. The van der Waals surface area contributed by atoms with E-state index in [1.165, 1.54) is 12.1 Å². The van der Waals surface area contributed by atoms with Gasteiger partial charge in [0.1, 0.15) is 9.90 Å². The standard InChI is InChI=1S/C13H11F3N2O5S3/c1-22-12(19)11-18(4-5-24-11)26(20,21)10-3-2-8(25-10)7-6-9(23-17-7)13(14,15)16/h2-3,6,11H,4-5H2,1H3/t11-/m1/s1. The van der Waals surface area contributed by atoms with E-state index in [4.69, 9.17) is 0 Å². The van der Waals surface area contributed by atoms with Crippen molar-refractivity contribution in [1.29, 1.82) is 0 Å². The SMILES string of the molecule is COC(=O)[C@H]1SCCN1S(=O)(=O)c1ccc(-c2cc(C(F)(F)F)on2)s1. The summed E-state index contributed by atoms with van der Waals surface area (Å²) in [6, 6.07) is 3.30. The first kappa shape index (κ1) is 19.2. The fourth-order valence-electron chi connectivity index (χ4n) is 2.22. The molecular formula is C13H11F3N2O5S3. The van der Waals surface area contributed by atoms with Crippen molar-refractivity contribution in [3.05, 3.63) is 24.0 Å². The lowest BCUT2D eigenvalue weighted by Gasteiger charge is -2.20. The second kappa shape index (κ2) is 6.87. The number of thiophene rings is 1. The summed E-state index contributed by atoms with van der Waals surface area (Å²) in [6.07, 6.45) is -4.68. The minimum absolute atomic E-state index is 0.111. The van der Waals surface area contributed by atoms with Crippen molar-refractivity contribution in [1.82, 2.24) is 9.46 Å². The number of alkyl halides is 3. The van der Waals surface area contributed by atoms with Gasteiger partial charge < -0.3 is 9.26 Å². The number of carbonyl (C=O) groups excluding carboxylic acids is 1. The molecule has 0 spiro atoms.